The Morgan fingerprint density at radius 3 is 2.55 bits per heavy atom. The lowest BCUT2D eigenvalue weighted by atomic mass is 9.87. The first-order valence-electron chi connectivity index (χ1n) is 9.04. The second-order valence-corrected chi connectivity index (χ2v) is 7.44. The number of benzene rings is 2. The normalized spacial score (nSPS) is 11.8. The molecule has 0 aliphatic rings. The van der Waals surface area contributed by atoms with Gasteiger partial charge in [-0.05, 0) is 41.5 Å². The lowest BCUT2D eigenvalue weighted by molar-refractivity contribution is 0.789. The molecular formula is C23H16Cl2N4. The largest absolute Gasteiger partial charge is 0.348 e. The van der Waals surface area contributed by atoms with Gasteiger partial charge in [-0.15, -0.1) is 0 Å². The number of pyridine rings is 1. The maximum atomic E-state index is 9.19. The molecule has 1 atom stereocenters. The van der Waals surface area contributed by atoms with Gasteiger partial charge in [0.2, 0.25) is 0 Å². The van der Waals surface area contributed by atoms with E-state index >= 15 is 0 Å². The van der Waals surface area contributed by atoms with Crippen LogP contribution in [0.2, 0.25) is 10.0 Å². The van der Waals surface area contributed by atoms with Crippen molar-refractivity contribution in [3.63, 3.8) is 0 Å². The van der Waals surface area contributed by atoms with Crippen molar-refractivity contribution >= 4 is 23.2 Å². The zero-order valence-electron chi connectivity index (χ0n) is 15.3. The Morgan fingerprint density at radius 2 is 1.79 bits per heavy atom. The molecule has 0 aliphatic heterocycles. The van der Waals surface area contributed by atoms with Crippen molar-refractivity contribution in [2.45, 2.75) is 12.3 Å². The number of H-pyrrole nitrogens is 1. The van der Waals surface area contributed by atoms with Crippen LogP contribution in [0.4, 0.5) is 0 Å². The first-order valence-corrected chi connectivity index (χ1v) is 9.80. The van der Waals surface area contributed by atoms with Crippen LogP contribution >= 0.6 is 23.2 Å². The molecule has 142 valence electrons. The molecular weight excluding hydrogens is 403 g/mol. The van der Waals surface area contributed by atoms with Crippen LogP contribution in [0.1, 0.15) is 28.3 Å². The van der Waals surface area contributed by atoms with Gasteiger partial charge in [-0.3, -0.25) is 4.98 Å². The van der Waals surface area contributed by atoms with E-state index in [9.17, 15) is 5.26 Å². The number of imidazole rings is 1. The van der Waals surface area contributed by atoms with Gasteiger partial charge < -0.3 is 4.98 Å². The predicted molar refractivity (Wildman–Crippen MR) is 115 cm³/mol. The fraction of sp³-hybridized carbons (Fsp3) is 0.0870. The van der Waals surface area contributed by atoms with Crippen molar-refractivity contribution in [3.05, 3.63) is 106 Å². The fourth-order valence-electron chi connectivity index (χ4n) is 3.39. The third kappa shape index (κ3) is 4.17. The first kappa shape index (κ1) is 19.2. The van der Waals surface area contributed by atoms with Gasteiger partial charge in [-0.25, -0.2) is 4.98 Å². The maximum Gasteiger partial charge on any atom is 0.110 e. The van der Waals surface area contributed by atoms with E-state index in [1.54, 1.807) is 24.7 Å². The molecule has 2 aromatic heterocycles. The van der Waals surface area contributed by atoms with Gasteiger partial charge >= 0.3 is 0 Å². The first-order chi connectivity index (χ1) is 14.2. The summed E-state index contributed by atoms with van der Waals surface area (Å²) >= 11 is 12.6. The van der Waals surface area contributed by atoms with Crippen LogP contribution in [0.15, 0.2) is 73.2 Å². The number of hydrogen-bond acceptors (Lipinski definition) is 3. The molecule has 0 aliphatic carbocycles. The molecule has 4 aromatic rings. The Hall–Kier alpha value is -3.13. The van der Waals surface area contributed by atoms with Gasteiger partial charge in [0.05, 0.1) is 23.7 Å². The predicted octanol–water partition coefficient (Wildman–Crippen LogP) is 6.02. The van der Waals surface area contributed by atoms with Crippen LogP contribution in [0.5, 0.6) is 0 Å². The maximum absolute atomic E-state index is 9.19. The summed E-state index contributed by atoms with van der Waals surface area (Å²) in [7, 11) is 0. The molecule has 0 amide bonds. The summed E-state index contributed by atoms with van der Waals surface area (Å²) < 4.78 is 0. The average molecular weight is 419 g/mol. The van der Waals surface area contributed by atoms with E-state index in [2.05, 4.69) is 21.0 Å². The summed E-state index contributed by atoms with van der Waals surface area (Å²) in [5, 5.41) is 10.6. The second-order valence-electron chi connectivity index (χ2n) is 6.60. The number of halogens is 2. The monoisotopic (exact) mass is 418 g/mol. The number of aromatic nitrogens is 3. The highest BCUT2D eigenvalue weighted by molar-refractivity contribution is 6.31. The van der Waals surface area contributed by atoms with Crippen LogP contribution in [0.25, 0.3) is 11.4 Å². The molecule has 0 radical (unpaired) electrons. The molecule has 0 spiro atoms. The van der Waals surface area contributed by atoms with E-state index < -0.39 is 0 Å². The Kier molecular flexibility index (Phi) is 5.62. The van der Waals surface area contributed by atoms with E-state index in [-0.39, 0.29) is 5.92 Å². The second kappa shape index (κ2) is 8.48. The highest BCUT2D eigenvalue weighted by Gasteiger charge is 2.21. The Labute approximate surface area is 178 Å². The van der Waals surface area contributed by atoms with Crippen molar-refractivity contribution < 1.29 is 0 Å². The van der Waals surface area contributed by atoms with Crippen LogP contribution in [-0.2, 0) is 6.42 Å². The van der Waals surface area contributed by atoms with E-state index in [0.29, 0.717) is 27.7 Å². The van der Waals surface area contributed by atoms with Gasteiger partial charge in [0.25, 0.3) is 0 Å². The molecule has 2 aromatic carbocycles. The van der Waals surface area contributed by atoms with Gasteiger partial charge in [0, 0.05) is 34.3 Å². The summed E-state index contributed by atoms with van der Waals surface area (Å²) in [5.74, 6) is -0.000633. The number of nitrogens with one attached hydrogen (secondary N) is 1. The van der Waals surface area contributed by atoms with Crippen LogP contribution in [-0.4, -0.2) is 15.0 Å². The molecule has 2 heterocycles. The topological polar surface area (TPSA) is 65.4 Å². The highest BCUT2D eigenvalue weighted by atomic mass is 35.5. The summed E-state index contributed by atoms with van der Waals surface area (Å²) in [6.45, 7) is 0. The Balaban J connectivity index is 1.77. The zero-order chi connectivity index (χ0) is 20.2. The minimum atomic E-state index is -0.000633. The Morgan fingerprint density at radius 1 is 1.00 bits per heavy atom. The Bertz CT molecular complexity index is 1180. The molecule has 0 fully saturated rings. The molecule has 0 saturated heterocycles. The van der Waals surface area contributed by atoms with Crippen LogP contribution in [0.3, 0.4) is 0 Å². The van der Waals surface area contributed by atoms with Crippen molar-refractivity contribution in [1.29, 1.82) is 5.26 Å². The van der Waals surface area contributed by atoms with E-state index in [0.717, 1.165) is 22.5 Å². The molecule has 0 bridgehead atoms. The smallest absolute Gasteiger partial charge is 0.110 e. The number of nitriles is 1. The highest BCUT2D eigenvalue weighted by Crippen LogP contribution is 2.35. The number of rotatable bonds is 5. The molecule has 0 saturated carbocycles. The molecule has 4 nitrogen and oxygen atoms in total. The summed E-state index contributed by atoms with van der Waals surface area (Å²) in [4.78, 5) is 12.1. The standard InChI is InChI=1S/C23H16Cl2N4/c24-17-7-5-16(6-8-17)19(18-3-1-2-4-20(18)25)12-22-23(29-14-28-22)21-11-15(13-26)9-10-27-21/h1-11,14,19H,12H2,(H,28,29). The fourth-order valence-corrected chi connectivity index (χ4v) is 3.78. The lowest BCUT2D eigenvalue weighted by Gasteiger charge is -2.19. The van der Waals surface area contributed by atoms with Crippen molar-refractivity contribution in [3.8, 4) is 17.5 Å². The van der Waals surface area contributed by atoms with Crippen molar-refractivity contribution in [2.75, 3.05) is 0 Å². The van der Waals surface area contributed by atoms with Crippen molar-refractivity contribution in [2.24, 2.45) is 0 Å². The number of nitrogens with zero attached hydrogens (tertiary/aromatic N) is 3. The van der Waals surface area contributed by atoms with Crippen LogP contribution in [0, 0.1) is 11.3 Å². The van der Waals surface area contributed by atoms with E-state index in [1.165, 1.54) is 0 Å². The summed E-state index contributed by atoms with van der Waals surface area (Å²) in [6, 6.07) is 21.2. The van der Waals surface area contributed by atoms with Gasteiger partial charge in [-0.2, -0.15) is 5.26 Å². The third-order valence-corrected chi connectivity index (χ3v) is 5.41. The van der Waals surface area contributed by atoms with E-state index in [4.69, 9.17) is 23.2 Å². The molecule has 6 heteroatoms. The molecule has 1 unspecified atom stereocenters. The molecule has 4 rings (SSSR count). The average Bonchev–Trinajstić information content (AvgIpc) is 3.22. The molecule has 29 heavy (non-hydrogen) atoms. The zero-order valence-corrected chi connectivity index (χ0v) is 16.8. The lowest BCUT2D eigenvalue weighted by Crippen LogP contribution is -2.07. The van der Waals surface area contributed by atoms with Crippen LogP contribution < -0.4 is 0 Å². The molecule has 1 N–H and O–H groups in total. The summed E-state index contributed by atoms with van der Waals surface area (Å²) in [5.41, 5.74) is 4.98. The van der Waals surface area contributed by atoms with Gasteiger partial charge in [-0.1, -0.05) is 53.5 Å². The summed E-state index contributed by atoms with van der Waals surface area (Å²) in [6.07, 6.45) is 3.91. The minimum Gasteiger partial charge on any atom is -0.348 e. The SMILES string of the molecule is N#Cc1ccnc(-c2nc[nH]c2CC(c2ccc(Cl)cc2)c2ccccc2Cl)c1. The van der Waals surface area contributed by atoms with Gasteiger partial charge in [0.15, 0.2) is 0 Å². The van der Waals surface area contributed by atoms with Gasteiger partial charge in [0.1, 0.15) is 5.69 Å². The minimum absolute atomic E-state index is 0.000633. The third-order valence-electron chi connectivity index (χ3n) is 4.81. The van der Waals surface area contributed by atoms with E-state index in [1.807, 2.05) is 48.5 Å². The number of aromatic amines is 1. The van der Waals surface area contributed by atoms with Crippen molar-refractivity contribution in [1.82, 2.24) is 15.0 Å². The number of hydrogen-bond donors (Lipinski definition) is 1. The quantitative estimate of drug-likeness (QED) is 0.430.